The zero-order valence-corrected chi connectivity index (χ0v) is 18.0. The maximum Gasteiger partial charge on any atom is 0.173 e. The molecule has 122 valence electrons. The van der Waals surface area contributed by atoms with E-state index in [4.69, 9.17) is 9.22 Å². The van der Waals surface area contributed by atoms with Gasteiger partial charge in [-0.25, -0.2) is 0 Å². The molecule has 20 heavy (non-hydrogen) atoms. The van der Waals surface area contributed by atoms with Gasteiger partial charge in [0.05, 0.1) is 0 Å². The van der Waals surface area contributed by atoms with Gasteiger partial charge in [-0.15, -0.1) is 0 Å². The minimum absolute atomic E-state index is 0.352. The zero-order chi connectivity index (χ0) is 15.9. The summed E-state index contributed by atoms with van der Waals surface area (Å²) >= 11 is 0. The van der Waals surface area contributed by atoms with Gasteiger partial charge in [0.2, 0.25) is 0 Å². The first-order chi connectivity index (χ1) is 9.04. The average molecular weight is 335 g/mol. The average Bonchev–Trinajstić information content (AvgIpc) is 2.31. The summed E-state index contributed by atoms with van der Waals surface area (Å²) in [5.41, 5.74) is 0. The molecule has 0 aromatic heterocycles. The van der Waals surface area contributed by atoms with E-state index in [-0.39, 0.29) is 0 Å². The monoisotopic (exact) mass is 334 g/mol. The summed E-state index contributed by atoms with van der Waals surface area (Å²) in [4.78, 5) is 0. The van der Waals surface area contributed by atoms with Gasteiger partial charge in [0.1, 0.15) is 0 Å². The number of aliphatic hydroxyl groups excluding tert-OH is 1. The molecule has 0 aliphatic heterocycles. The quantitative estimate of drug-likeness (QED) is 0.519. The molecule has 0 aliphatic rings. The molecule has 0 unspecified atom stereocenters. The van der Waals surface area contributed by atoms with Gasteiger partial charge >= 0.3 is 0 Å². The molecule has 0 aliphatic carbocycles. The Morgan fingerprint density at radius 2 is 1.30 bits per heavy atom. The van der Waals surface area contributed by atoms with Gasteiger partial charge in [0, 0.05) is 14.7 Å². The Kier molecular flexibility index (Phi) is 9.13. The first-order valence-electron chi connectivity index (χ1n) is 8.35. The van der Waals surface area contributed by atoms with Gasteiger partial charge in [0.15, 0.2) is 16.6 Å². The van der Waals surface area contributed by atoms with Crippen LogP contribution < -0.4 is 0 Å². The fraction of sp³-hybridized carbons (Fsp3) is 1.00. The number of unbranched alkanes of at least 4 members (excludes halogenated alkanes) is 1. The summed E-state index contributed by atoms with van der Waals surface area (Å²) < 4.78 is 6.68. The van der Waals surface area contributed by atoms with E-state index in [1.807, 2.05) is 0 Å². The molecule has 0 amide bonds. The SMILES string of the molecule is CCCC[Si](C)(C)O[Si](C)(C)CC[Si](C)(C)CCCO. The van der Waals surface area contributed by atoms with Gasteiger partial charge in [-0.05, 0) is 44.7 Å². The van der Waals surface area contributed by atoms with E-state index in [9.17, 15) is 0 Å². The maximum atomic E-state index is 9.00. The number of hydrogen-bond acceptors (Lipinski definition) is 2. The van der Waals surface area contributed by atoms with Crippen LogP contribution in [-0.2, 0) is 4.12 Å². The fourth-order valence-electron chi connectivity index (χ4n) is 2.77. The van der Waals surface area contributed by atoms with Crippen molar-refractivity contribution in [1.82, 2.24) is 0 Å². The molecular weight excluding hydrogens is 296 g/mol. The van der Waals surface area contributed by atoms with Gasteiger partial charge in [-0.3, -0.25) is 0 Å². The number of aliphatic hydroxyl groups is 1. The Morgan fingerprint density at radius 1 is 0.750 bits per heavy atom. The maximum absolute atomic E-state index is 9.00. The van der Waals surface area contributed by atoms with Crippen LogP contribution in [0.2, 0.25) is 63.5 Å². The van der Waals surface area contributed by atoms with E-state index in [1.54, 1.807) is 0 Å². The van der Waals surface area contributed by atoms with Crippen LogP contribution in [0.1, 0.15) is 26.2 Å². The van der Waals surface area contributed by atoms with Crippen LogP contribution in [-0.4, -0.2) is 36.4 Å². The van der Waals surface area contributed by atoms with E-state index >= 15 is 0 Å². The number of rotatable bonds is 11. The second kappa shape index (κ2) is 8.88. The molecule has 0 spiro atoms. The first kappa shape index (κ1) is 20.6. The lowest BCUT2D eigenvalue weighted by Crippen LogP contribution is -2.45. The smallest absolute Gasteiger partial charge is 0.173 e. The third kappa shape index (κ3) is 10.3. The van der Waals surface area contributed by atoms with Crippen molar-refractivity contribution >= 4 is 24.7 Å². The van der Waals surface area contributed by atoms with E-state index < -0.39 is 24.7 Å². The predicted octanol–water partition coefficient (Wildman–Crippen LogP) is 5.30. The third-order valence-electron chi connectivity index (χ3n) is 4.10. The molecule has 1 N–H and O–H groups in total. The highest BCUT2D eigenvalue weighted by molar-refractivity contribution is 6.86. The lowest BCUT2D eigenvalue weighted by atomic mass is 10.4. The van der Waals surface area contributed by atoms with Gasteiger partial charge in [-0.1, -0.05) is 44.9 Å². The van der Waals surface area contributed by atoms with Crippen molar-refractivity contribution in [3.05, 3.63) is 0 Å². The Balaban J connectivity index is 4.30. The van der Waals surface area contributed by atoms with Crippen molar-refractivity contribution in [2.75, 3.05) is 6.61 Å². The minimum atomic E-state index is -1.50. The minimum Gasteiger partial charge on any atom is -0.456 e. The Labute approximate surface area is 130 Å². The highest BCUT2D eigenvalue weighted by atomic mass is 28.4. The van der Waals surface area contributed by atoms with Crippen LogP contribution in [0.15, 0.2) is 0 Å². The van der Waals surface area contributed by atoms with Crippen LogP contribution in [0, 0.1) is 0 Å². The number of hydrogen-bond donors (Lipinski definition) is 1. The Hall–Kier alpha value is 0.571. The molecule has 0 fully saturated rings. The molecule has 2 nitrogen and oxygen atoms in total. The normalized spacial score (nSPS) is 13.8. The first-order valence-corrected chi connectivity index (χ1v) is 18.0. The molecule has 0 bridgehead atoms. The summed E-state index contributed by atoms with van der Waals surface area (Å²) in [5, 5.41) is 9.00. The molecule has 5 heteroatoms. The van der Waals surface area contributed by atoms with Crippen LogP contribution in [0.25, 0.3) is 0 Å². The van der Waals surface area contributed by atoms with Crippen molar-refractivity contribution in [3.8, 4) is 0 Å². The highest BCUT2D eigenvalue weighted by Crippen LogP contribution is 2.28. The van der Waals surface area contributed by atoms with E-state index in [1.165, 1.54) is 37.0 Å². The Bertz CT molecular complexity index is 266. The molecule has 0 atom stereocenters. The summed E-state index contributed by atoms with van der Waals surface area (Å²) in [6.07, 6.45) is 3.59. The fourth-order valence-corrected chi connectivity index (χ4v) is 17.3. The van der Waals surface area contributed by atoms with Gasteiger partial charge in [0.25, 0.3) is 0 Å². The molecule has 0 saturated heterocycles. The van der Waals surface area contributed by atoms with Crippen LogP contribution in [0.3, 0.4) is 0 Å². The lowest BCUT2D eigenvalue weighted by molar-refractivity contribution is 0.294. The largest absolute Gasteiger partial charge is 0.456 e. The molecule has 0 aromatic rings. The van der Waals surface area contributed by atoms with Crippen molar-refractivity contribution in [1.29, 1.82) is 0 Å². The molecule has 0 saturated carbocycles. The van der Waals surface area contributed by atoms with E-state index in [0.717, 1.165) is 6.42 Å². The van der Waals surface area contributed by atoms with E-state index in [2.05, 4.69) is 46.2 Å². The molecular formula is C15H38O2Si3. The van der Waals surface area contributed by atoms with Gasteiger partial charge in [-0.2, -0.15) is 0 Å². The molecule has 0 radical (unpaired) electrons. The topological polar surface area (TPSA) is 29.5 Å². The second-order valence-electron chi connectivity index (χ2n) is 8.22. The lowest BCUT2D eigenvalue weighted by Gasteiger charge is -2.36. The summed E-state index contributed by atoms with van der Waals surface area (Å²) in [6.45, 7) is 17.2. The second-order valence-corrected chi connectivity index (χ2v) is 22.4. The van der Waals surface area contributed by atoms with Gasteiger partial charge < -0.3 is 9.22 Å². The molecule has 0 heterocycles. The van der Waals surface area contributed by atoms with Crippen LogP contribution in [0.5, 0.6) is 0 Å². The Morgan fingerprint density at radius 3 is 1.80 bits per heavy atom. The predicted molar refractivity (Wildman–Crippen MR) is 99.4 cm³/mol. The van der Waals surface area contributed by atoms with Crippen molar-refractivity contribution in [2.24, 2.45) is 0 Å². The summed E-state index contributed by atoms with van der Waals surface area (Å²) in [7, 11) is -4.07. The third-order valence-corrected chi connectivity index (χ3v) is 15.3. The highest BCUT2D eigenvalue weighted by Gasteiger charge is 2.34. The summed E-state index contributed by atoms with van der Waals surface area (Å²) in [5.74, 6) is 0. The van der Waals surface area contributed by atoms with Crippen molar-refractivity contribution < 1.29 is 9.22 Å². The van der Waals surface area contributed by atoms with Crippen molar-refractivity contribution in [2.45, 2.75) is 89.6 Å². The summed E-state index contributed by atoms with van der Waals surface area (Å²) in [6, 6.07) is 5.24. The standard InChI is InChI=1S/C15H38O2Si3/c1-8-9-13-19(4,5)17-20(6,7)15-14-18(2,3)12-10-11-16/h16H,8-15H2,1-7H3. The van der Waals surface area contributed by atoms with Crippen molar-refractivity contribution in [3.63, 3.8) is 0 Å². The van der Waals surface area contributed by atoms with Crippen LogP contribution >= 0.6 is 0 Å². The molecule has 0 aromatic carbocycles. The van der Waals surface area contributed by atoms with Crippen LogP contribution in [0.4, 0.5) is 0 Å². The van der Waals surface area contributed by atoms with E-state index in [0.29, 0.717) is 6.61 Å². The molecule has 0 rings (SSSR count). The zero-order valence-electron chi connectivity index (χ0n) is 15.0.